The van der Waals surface area contributed by atoms with E-state index < -0.39 is 22.1 Å². The molecule has 0 saturated heterocycles. The zero-order valence-corrected chi connectivity index (χ0v) is 12.0. The van der Waals surface area contributed by atoms with E-state index in [4.69, 9.17) is 9.84 Å². The van der Waals surface area contributed by atoms with Crippen LogP contribution in [-0.4, -0.2) is 44.4 Å². The molecule has 1 unspecified atom stereocenters. The fraction of sp³-hybridized carbons (Fsp3) is 0.417. The molecule has 0 aliphatic rings. The van der Waals surface area contributed by atoms with E-state index in [0.717, 1.165) is 12.1 Å². The Hall–Kier alpha value is -1.64. The lowest BCUT2D eigenvalue weighted by atomic mass is 10.2. The quantitative estimate of drug-likeness (QED) is 0.674. The van der Waals surface area contributed by atoms with Gasteiger partial charge in [0.25, 0.3) is 0 Å². The number of ether oxygens (including phenoxy) is 1. The minimum absolute atomic E-state index is 0.0663. The Kier molecular flexibility index (Phi) is 5.49. The lowest BCUT2D eigenvalue weighted by molar-refractivity contribution is 0.0696. The highest BCUT2D eigenvalue weighted by atomic mass is 32.2. The van der Waals surface area contributed by atoms with Gasteiger partial charge in [0.15, 0.2) is 0 Å². The zero-order valence-electron chi connectivity index (χ0n) is 11.2. The van der Waals surface area contributed by atoms with E-state index in [0.29, 0.717) is 6.42 Å². The molecule has 0 amide bonds. The van der Waals surface area contributed by atoms with Gasteiger partial charge in [0.05, 0.1) is 18.8 Å². The van der Waals surface area contributed by atoms with Gasteiger partial charge in [0.1, 0.15) is 10.6 Å². The number of nitrogens with one attached hydrogen (secondary N) is 1. The molecule has 0 spiro atoms. The molecule has 0 aliphatic carbocycles. The maximum absolute atomic E-state index is 12.1. The van der Waals surface area contributed by atoms with E-state index in [1.807, 2.05) is 0 Å². The Labute approximate surface area is 117 Å². The standard InChI is InChI=1S/C12H17NO6S/c1-3-9(14)7-13-20(17,18)11-5-4-8(12(15)16)6-10(11)19-2/h4-6,9,13-14H,3,7H2,1-2H3,(H,15,16). The highest BCUT2D eigenvalue weighted by molar-refractivity contribution is 7.89. The first-order valence-corrected chi connectivity index (χ1v) is 7.39. The van der Waals surface area contributed by atoms with Crippen molar-refractivity contribution >= 4 is 16.0 Å². The summed E-state index contributed by atoms with van der Waals surface area (Å²) in [6, 6.07) is 3.46. The summed E-state index contributed by atoms with van der Waals surface area (Å²) < 4.78 is 31.3. The molecule has 20 heavy (non-hydrogen) atoms. The molecule has 0 heterocycles. The number of hydrogen-bond donors (Lipinski definition) is 3. The number of aromatic carboxylic acids is 1. The second-order valence-electron chi connectivity index (χ2n) is 4.08. The normalized spacial score (nSPS) is 12.9. The lowest BCUT2D eigenvalue weighted by Crippen LogP contribution is -2.32. The van der Waals surface area contributed by atoms with Crippen molar-refractivity contribution in [1.82, 2.24) is 4.72 Å². The molecule has 3 N–H and O–H groups in total. The maximum Gasteiger partial charge on any atom is 0.335 e. The van der Waals surface area contributed by atoms with Crippen LogP contribution in [0.15, 0.2) is 23.1 Å². The molecule has 0 radical (unpaired) electrons. The summed E-state index contributed by atoms with van der Waals surface area (Å²) in [6.45, 7) is 1.60. The number of carboxylic acid groups (broad SMARTS) is 1. The van der Waals surface area contributed by atoms with E-state index in [1.165, 1.54) is 13.2 Å². The SMILES string of the molecule is CCC(O)CNS(=O)(=O)c1ccc(C(=O)O)cc1OC. The summed E-state index contributed by atoms with van der Waals surface area (Å²) in [5.41, 5.74) is -0.0746. The summed E-state index contributed by atoms with van der Waals surface area (Å²) in [7, 11) is -2.63. The van der Waals surface area contributed by atoms with Crippen LogP contribution in [0.1, 0.15) is 23.7 Å². The molecule has 1 aromatic rings. The van der Waals surface area contributed by atoms with E-state index in [9.17, 15) is 18.3 Å². The third kappa shape index (κ3) is 3.92. The number of benzene rings is 1. The van der Waals surface area contributed by atoms with Gasteiger partial charge in [-0.25, -0.2) is 17.9 Å². The smallest absolute Gasteiger partial charge is 0.335 e. The highest BCUT2D eigenvalue weighted by Crippen LogP contribution is 2.24. The average Bonchev–Trinajstić information content (AvgIpc) is 2.43. The third-order valence-corrected chi connectivity index (χ3v) is 4.14. The number of aliphatic hydroxyl groups excluding tert-OH is 1. The van der Waals surface area contributed by atoms with Crippen molar-refractivity contribution in [2.45, 2.75) is 24.3 Å². The predicted octanol–water partition coefficient (Wildman–Crippen LogP) is 0.443. The molecule has 0 saturated carbocycles. The zero-order chi connectivity index (χ0) is 15.3. The number of aliphatic hydroxyl groups is 1. The van der Waals surface area contributed by atoms with Gasteiger partial charge in [-0.15, -0.1) is 0 Å². The summed E-state index contributed by atoms with van der Waals surface area (Å²) in [5.74, 6) is -1.25. The van der Waals surface area contributed by atoms with Crippen molar-refractivity contribution in [1.29, 1.82) is 0 Å². The van der Waals surface area contributed by atoms with E-state index in [2.05, 4.69) is 4.72 Å². The van der Waals surface area contributed by atoms with Crippen LogP contribution in [-0.2, 0) is 10.0 Å². The minimum atomic E-state index is -3.88. The number of carbonyl (C=O) groups is 1. The number of sulfonamides is 1. The van der Waals surface area contributed by atoms with Crippen molar-refractivity contribution in [3.05, 3.63) is 23.8 Å². The van der Waals surface area contributed by atoms with Crippen molar-refractivity contribution in [3.8, 4) is 5.75 Å². The predicted molar refractivity (Wildman–Crippen MR) is 71.4 cm³/mol. The van der Waals surface area contributed by atoms with Crippen LogP contribution < -0.4 is 9.46 Å². The van der Waals surface area contributed by atoms with E-state index in [1.54, 1.807) is 6.92 Å². The van der Waals surface area contributed by atoms with Crippen LogP contribution in [0.2, 0.25) is 0 Å². The molecule has 8 heteroatoms. The molecule has 0 fully saturated rings. The van der Waals surface area contributed by atoms with E-state index >= 15 is 0 Å². The van der Waals surface area contributed by atoms with Gasteiger partial charge < -0.3 is 14.9 Å². The Morgan fingerprint density at radius 3 is 2.60 bits per heavy atom. The fourth-order valence-corrected chi connectivity index (χ4v) is 2.67. The van der Waals surface area contributed by atoms with Gasteiger partial charge in [0.2, 0.25) is 10.0 Å². The molecular formula is C12H17NO6S. The van der Waals surface area contributed by atoms with Crippen LogP contribution in [0, 0.1) is 0 Å². The highest BCUT2D eigenvalue weighted by Gasteiger charge is 2.21. The molecule has 0 aromatic heterocycles. The second-order valence-corrected chi connectivity index (χ2v) is 5.82. The first-order valence-electron chi connectivity index (χ1n) is 5.91. The van der Waals surface area contributed by atoms with Crippen LogP contribution in [0.25, 0.3) is 0 Å². The van der Waals surface area contributed by atoms with Gasteiger partial charge in [-0.2, -0.15) is 0 Å². The summed E-state index contributed by atoms with van der Waals surface area (Å²) in [5, 5.41) is 18.2. The number of rotatable bonds is 7. The van der Waals surface area contributed by atoms with Crippen molar-refractivity contribution in [3.63, 3.8) is 0 Å². The summed E-state index contributed by atoms with van der Waals surface area (Å²) in [6.07, 6.45) is -0.369. The summed E-state index contributed by atoms with van der Waals surface area (Å²) >= 11 is 0. The molecule has 0 aliphatic heterocycles. The first-order chi connectivity index (χ1) is 9.31. The first kappa shape index (κ1) is 16.4. The van der Waals surface area contributed by atoms with Gasteiger partial charge in [-0.3, -0.25) is 0 Å². The molecule has 1 aromatic carbocycles. The lowest BCUT2D eigenvalue weighted by Gasteiger charge is -2.13. The van der Waals surface area contributed by atoms with Gasteiger partial charge in [-0.1, -0.05) is 6.92 Å². The Morgan fingerprint density at radius 2 is 2.10 bits per heavy atom. The molecule has 1 rings (SSSR count). The molecule has 1 atom stereocenters. The van der Waals surface area contributed by atoms with Gasteiger partial charge in [-0.05, 0) is 24.6 Å². The van der Waals surface area contributed by atoms with Crippen molar-refractivity contribution < 1.29 is 28.2 Å². The Morgan fingerprint density at radius 1 is 1.45 bits per heavy atom. The van der Waals surface area contributed by atoms with Gasteiger partial charge >= 0.3 is 5.97 Å². The monoisotopic (exact) mass is 303 g/mol. The number of carboxylic acids is 1. The van der Waals surface area contributed by atoms with Crippen LogP contribution in [0.5, 0.6) is 5.75 Å². The van der Waals surface area contributed by atoms with Crippen LogP contribution in [0.4, 0.5) is 0 Å². The number of methoxy groups -OCH3 is 1. The topological polar surface area (TPSA) is 113 Å². The average molecular weight is 303 g/mol. The van der Waals surface area contributed by atoms with Crippen molar-refractivity contribution in [2.75, 3.05) is 13.7 Å². The van der Waals surface area contributed by atoms with Crippen molar-refractivity contribution in [2.24, 2.45) is 0 Å². The molecule has 112 valence electrons. The minimum Gasteiger partial charge on any atom is -0.495 e. The fourth-order valence-electron chi connectivity index (χ4n) is 1.45. The molecule has 0 bridgehead atoms. The molecule has 7 nitrogen and oxygen atoms in total. The molecular weight excluding hydrogens is 286 g/mol. The van der Waals surface area contributed by atoms with Crippen LogP contribution in [0.3, 0.4) is 0 Å². The van der Waals surface area contributed by atoms with E-state index in [-0.39, 0.29) is 22.8 Å². The maximum atomic E-state index is 12.1. The number of hydrogen-bond acceptors (Lipinski definition) is 5. The largest absolute Gasteiger partial charge is 0.495 e. The Balaban J connectivity index is 3.08. The van der Waals surface area contributed by atoms with Crippen LogP contribution >= 0.6 is 0 Å². The van der Waals surface area contributed by atoms with Gasteiger partial charge in [0, 0.05) is 6.54 Å². The second kappa shape index (κ2) is 6.69. The third-order valence-electron chi connectivity index (χ3n) is 2.68. The Bertz CT molecular complexity index is 584. The summed E-state index contributed by atoms with van der Waals surface area (Å²) in [4.78, 5) is 10.7.